The van der Waals surface area contributed by atoms with E-state index in [1.807, 2.05) is 31.2 Å². The number of hydrogen-bond acceptors (Lipinski definition) is 3. The highest BCUT2D eigenvalue weighted by atomic mass is 35.5. The quantitative estimate of drug-likeness (QED) is 0.724. The van der Waals surface area contributed by atoms with Crippen molar-refractivity contribution >= 4 is 22.8 Å². The molecular weight excluding hydrogens is 298 g/mol. The Kier molecular flexibility index (Phi) is 3.01. The summed E-state index contributed by atoms with van der Waals surface area (Å²) in [6.45, 7) is 1.94. The summed E-state index contributed by atoms with van der Waals surface area (Å²) in [5.74, 6) is 0. The van der Waals surface area contributed by atoms with Crippen molar-refractivity contribution in [3.8, 4) is 11.3 Å². The molecule has 0 spiro atoms. The molecule has 1 aliphatic rings. The second-order valence-corrected chi connectivity index (χ2v) is 6.11. The lowest BCUT2D eigenvalue weighted by molar-refractivity contribution is 0.726. The average Bonchev–Trinajstić information content (AvgIpc) is 3.32. The summed E-state index contributed by atoms with van der Waals surface area (Å²) in [4.78, 5) is 21.9. The van der Waals surface area contributed by atoms with Gasteiger partial charge < -0.3 is 0 Å². The van der Waals surface area contributed by atoms with Gasteiger partial charge in [0.05, 0.1) is 0 Å². The zero-order chi connectivity index (χ0) is 15.3. The Morgan fingerprint density at radius 2 is 2.09 bits per heavy atom. The summed E-state index contributed by atoms with van der Waals surface area (Å²) in [6.07, 6.45) is 3.75. The van der Waals surface area contributed by atoms with E-state index in [1.165, 1.54) is 0 Å². The first kappa shape index (κ1) is 13.5. The summed E-state index contributed by atoms with van der Waals surface area (Å²) in [6, 6.07) is 9.50. The molecule has 22 heavy (non-hydrogen) atoms. The van der Waals surface area contributed by atoms with Crippen LogP contribution in [0.1, 0.15) is 24.4 Å². The van der Waals surface area contributed by atoms with Gasteiger partial charge in [-0.2, -0.15) is 0 Å². The Morgan fingerprint density at radius 3 is 2.82 bits per heavy atom. The number of hydrogen-bond donors (Lipinski definition) is 0. The van der Waals surface area contributed by atoms with Gasteiger partial charge in [0.25, 0.3) is 5.56 Å². The molecule has 1 aliphatic carbocycles. The van der Waals surface area contributed by atoms with Crippen molar-refractivity contribution in [1.29, 1.82) is 0 Å². The first-order valence-corrected chi connectivity index (χ1v) is 7.67. The van der Waals surface area contributed by atoms with Gasteiger partial charge >= 0.3 is 0 Å². The lowest BCUT2D eigenvalue weighted by Crippen LogP contribution is -2.23. The van der Waals surface area contributed by atoms with Crippen LogP contribution in [0.2, 0.25) is 5.02 Å². The molecule has 110 valence electrons. The Hall–Kier alpha value is -2.20. The molecule has 0 amide bonds. The number of fused-ring (bicyclic) bond motifs is 1. The molecule has 0 N–H and O–H groups in total. The van der Waals surface area contributed by atoms with Crippen molar-refractivity contribution in [2.75, 3.05) is 0 Å². The third-order valence-corrected chi connectivity index (χ3v) is 4.24. The van der Waals surface area contributed by atoms with E-state index in [0.29, 0.717) is 16.4 Å². The Balaban J connectivity index is 2.06. The SMILES string of the molecule is Cc1cc(Cl)ccc1-c1nc2cccnc2n(C2CC2)c1=O. The lowest BCUT2D eigenvalue weighted by atomic mass is 10.1. The molecule has 3 aromatic rings. The van der Waals surface area contributed by atoms with Crippen LogP contribution < -0.4 is 5.56 Å². The van der Waals surface area contributed by atoms with Crippen molar-refractivity contribution < 1.29 is 0 Å². The van der Waals surface area contributed by atoms with Gasteiger partial charge in [-0.05, 0) is 49.6 Å². The van der Waals surface area contributed by atoms with Gasteiger partial charge in [-0.1, -0.05) is 17.7 Å². The summed E-state index contributed by atoms with van der Waals surface area (Å²) >= 11 is 6.02. The number of aryl methyl sites for hydroxylation is 1. The minimum absolute atomic E-state index is 0.0703. The normalized spacial score (nSPS) is 14.5. The van der Waals surface area contributed by atoms with Gasteiger partial charge in [0, 0.05) is 22.8 Å². The van der Waals surface area contributed by atoms with E-state index in [2.05, 4.69) is 9.97 Å². The van der Waals surface area contributed by atoms with E-state index in [4.69, 9.17) is 11.6 Å². The fourth-order valence-corrected chi connectivity index (χ4v) is 3.01. The molecule has 2 heterocycles. The van der Waals surface area contributed by atoms with Crippen molar-refractivity contribution in [2.24, 2.45) is 0 Å². The first-order valence-electron chi connectivity index (χ1n) is 7.29. The monoisotopic (exact) mass is 311 g/mol. The van der Waals surface area contributed by atoms with Crippen LogP contribution >= 0.6 is 11.6 Å². The number of aromatic nitrogens is 3. The van der Waals surface area contributed by atoms with Gasteiger partial charge in [-0.15, -0.1) is 0 Å². The zero-order valence-corrected chi connectivity index (χ0v) is 12.8. The summed E-state index contributed by atoms with van der Waals surface area (Å²) < 4.78 is 1.80. The third-order valence-electron chi connectivity index (χ3n) is 4.00. The first-order chi connectivity index (χ1) is 10.6. The minimum Gasteiger partial charge on any atom is -0.286 e. The van der Waals surface area contributed by atoms with Gasteiger partial charge in [-0.3, -0.25) is 9.36 Å². The molecular formula is C17H14ClN3O. The summed E-state index contributed by atoms with van der Waals surface area (Å²) in [5.41, 5.74) is 3.60. The zero-order valence-electron chi connectivity index (χ0n) is 12.1. The number of halogens is 1. The molecule has 2 aromatic heterocycles. The largest absolute Gasteiger partial charge is 0.286 e. The maximum absolute atomic E-state index is 12.9. The van der Waals surface area contributed by atoms with Gasteiger partial charge in [0.1, 0.15) is 11.2 Å². The number of pyridine rings is 1. The molecule has 0 radical (unpaired) electrons. The van der Waals surface area contributed by atoms with Crippen LogP contribution in [0, 0.1) is 6.92 Å². The van der Waals surface area contributed by atoms with E-state index in [9.17, 15) is 4.79 Å². The molecule has 1 aromatic carbocycles. The Morgan fingerprint density at radius 1 is 1.27 bits per heavy atom. The summed E-state index contributed by atoms with van der Waals surface area (Å²) in [7, 11) is 0. The van der Waals surface area contributed by atoms with Crippen molar-refractivity contribution in [2.45, 2.75) is 25.8 Å². The van der Waals surface area contributed by atoms with E-state index in [1.54, 1.807) is 16.8 Å². The predicted octanol–water partition coefficient (Wildman–Crippen LogP) is 3.76. The molecule has 0 aliphatic heterocycles. The minimum atomic E-state index is -0.0703. The molecule has 0 unspecified atom stereocenters. The van der Waals surface area contributed by atoms with Crippen LogP contribution in [-0.2, 0) is 0 Å². The topological polar surface area (TPSA) is 47.8 Å². The average molecular weight is 312 g/mol. The highest BCUT2D eigenvalue weighted by molar-refractivity contribution is 6.30. The van der Waals surface area contributed by atoms with Gasteiger partial charge in [-0.25, -0.2) is 9.97 Å². The fraction of sp³-hybridized carbons (Fsp3) is 0.235. The van der Waals surface area contributed by atoms with Crippen molar-refractivity contribution in [3.63, 3.8) is 0 Å². The van der Waals surface area contributed by atoms with Crippen LogP contribution in [0.5, 0.6) is 0 Å². The van der Waals surface area contributed by atoms with Crippen molar-refractivity contribution in [1.82, 2.24) is 14.5 Å². The molecule has 0 atom stereocenters. The van der Waals surface area contributed by atoms with E-state index < -0.39 is 0 Å². The number of rotatable bonds is 2. The van der Waals surface area contributed by atoms with Crippen LogP contribution in [0.4, 0.5) is 0 Å². The van der Waals surface area contributed by atoms with E-state index >= 15 is 0 Å². The highest BCUT2D eigenvalue weighted by Crippen LogP contribution is 2.36. The van der Waals surface area contributed by atoms with E-state index in [-0.39, 0.29) is 11.6 Å². The highest BCUT2D eigenvalue weighted by Gasteiger charge is 2.28. The van der Waals surface area contributed by atoms with Gasteiger partial charge in [0.2, 0.25) is 0 Å². The number of nitrogens with zero attached hydrogens (tertiary/aromatic N) is 3. The molecule has 4 nitrogen and oxygen atoms in total. The molecule has 1 saturated carbocycles. The second kappa shape index (κ2) is 4.92. The molecule has 0 bridgehead atoms. The smallest absolute Gasteiger partial charge is 0.279 e. The Bertz CT molecular complexity index is 944. The van der Waals surface area contributed by atoms with Crippen molar-refractivity contribution in [3.05, 3.63) is 57.5 Å². The lowest BCUT2D eigenvalue weighted by Gasteiger charge is -2.12. The standard InChI is InChI=1S/C17H14ClN3O/c1-10-9-11(18)4-7-13(10)15-17(22)21(12-5-6-12)16-14(20-15)3-2-8-19-16/h2-4,7-9,12H,5-6H2,1H3. The molecule has 5 heteroatoms. The molecule has 1 fully saturated rings. The van der Waals surface area contributed by atoms with Crippen LogP contribution in [0.3, 0.4) is 0 Å². The number of benzene rings is 1. The maximum Gasteiger partial charge on any atom is 0.279 e. The Labute approximate surface area is 132 Å². The predicted molar refractivity (Wildman–Crippen MR) is 87.3 cm³/mol. The molecule has 4 rings (SSSR count). The third kappa shape index (κ3) is 2.11. The maximum atomic E-state index is 12.9. The van der Waals surface area contributed by atoms with Crippen LogP contribution in [-0.4, -0.2) is 14.5 Å². The van der Waals surface area contributed by atoms with Gasteiger partial charge in [0.15, 0.2) is 5.65 Å². The van der Waals surface area contributed by atoms with Crippen LogP contribution in [0.25, 0.3) is 22.4 Å². The molecule has 0 saturated heterocycles. The summed E-state index contributed by atoms with van der Waals surface area (Å²) in [5, 5.41) is 0.659. The second-order valence-electron chi connectivity index (χ2n) is 5.67. The fourth-order valence-electron chi connectivity index (χ4n) is 2.78. The van der Waals surface area contributed by atoms with E-state index in [0.717, 1.165) is 29.5 Å². The van der Waals surface area contributed by atoms with Crippen LogP contribution in [0.15, 0.2) is 41.3 Å².